The number of methoxy groups -OCH3 is 1. The molecule has 12 heteroatoms. The van der Waals surface area contributed by atoms with Gasteiger partial charge in [-0.3, -0.25) is 9.59 Å². The van der Waals surface area contributed by atoms with Crippen molar-refractivity contribution < 1.29 is 43.6 Å². The molecule has 0 fully saturated rings. The van der Waals surface area contributed by atoms with Gasteiger partial charge in [0.1, 0.15) is 22.8 Å². The lowest BCUT2D eigenvalue weighted by molar-refractivity contribution is -0.126. The molecule has 0 aromatic heterocycles. The Morgan fingerprint density at radius 3 is 2.09 bits per heavy atom. The number of phenolic OH excluding ortho intramolecular Hbond substituents is 2. The number of rotatable bonds is 11. The van der Waals surface area contributed by atoms with Crippen LogP contribution in [0.5, 0.6) is 17.2 Å². The third-order valence-electron chi connectivity index (χ3n) is 11.0. The highest BCUT2D eigenvalue weighted by molar-refractivity contribution is 6.15. The average molecular weight is 778 g/mol. The Morgan fingerprint density at radius 2 is 1.44 bits per heavy atom. The van der Waals surface area contributed by atoms with Crippen molar-refractivity contribution in [2.75, 3.05) is 40.9 Å². The first kappa shape index (κ1) is 40.8. The van der Waals surface area contributed by atoms with E-state index in [0.717, 1.165) is 16.7 Å². The second-order valence-electron chi connectivity index (χ2n) is 16.3. The van der Waals surface area contributed by atoms with Gasteiger partial charge >= 0.3 is 12.2 Å². The van der Waals surface area contributed by atoms with Crippen LogP contribution in [0.15, 0.2) is 72.8 Å². The number of hydrogen-bond donors (Lipinski definition) is 3. The van der Waals surface area contributed by atoms with Gasteiger partial charge in [-0.25, -0.2) is 9.59 Å². The number of nitrogens with two attached hydrogens (primary N) is 1. The fraction of sp³-hybridized carbons (Fsp3) is 0.378. The Morgan fingerprint density at radius 1 is 0.807 bits per heavy atom. The Labute approximate surface area is 333 Å². The minimum Gasteiger partial charge on any atom is -0.507 e. The van der Waals surface area contributed by atoms with Crippen molar-refractivity contribution >= 4 is 23.8 Å². The minimum absolute atomic E-state index is 0.0486. The second-order valence-corrected chi connectivity index (χ2v) is 16.3. The molecule has 2 atom stereocenters. The summed E-state index contributed by atoms with van der Waals surface area (Å²) in [6.45, 7) is 7.48. The molecule has 0 saturated carbocycles. The molecule has 57 heavy (non-hydrogen) atoms. The highest BCUT2D eigenvalue weighted by Gasteiger charge is 2.41. The number of aromatic hydroxyl groups is 2. The minimum atomic E-state index is -0.920. The molecule has 0 heterocycles. The molecule has 300 valence electrons. The summed E-state index contributed by atoms with van der Waals surface area (Å²) in [5.74, 6) is -1.55. The Hall–Kier alpha value is -5.88. The van der Waals surface area contributed by atoms with Crippen molar-refractivity contribution in [3.8, 4) is 28.4 Å². The first-order valence-electron chi connectivity index (χ1n) is 19.0. The van der Waals surface area contributed by atoms with Crippen molar-refractivity contribution in [2.45, 2.75) is 58.6 Å². The fourth-order valence-electron chi connectivity index (χ4n) is 8.20. The van der Waals surface area contributed by atoms with E-state index in [1.54, 1.807) is 32.3 Å². The van der Waals surface area contributed by atoms with E-state index in [0.29, 0.717) is 28.9 Å². The number of ether oxygens (including phenoxy) is 3. The molecule has 0 bridgehead atoms. The van der Waals surface area contributed by atoms with Gasteiger partial charge in [0.25, 0.3) is 0 Å². The zero-order chi connectivity index (χ0) is 41.4. The zero-order valence-corrected chi connectivity index (χ0v) is 33.5. The lowest BCUT2D eigenvalue weighted by atomic mass is 9.74. The Balaban J connectivity index is 1.02. The summed E-state index contributed by atoms with van der Waals surface area (Å²) < 4.78 is 16.8. The van der Waals surface area contributed by atoms with Gasteiger partial charge in [-0.15, -0.1) is 0 Å². The Kier molecular flexibility index (Phi) is 11.4. The molecule has 4 N–H and O–H groups in total. The summed E-state index contributed by atoms with van der Waals surface area (Å²) in [5, 5.41) is 22.8. The van der Waals surface area contributed by atoms with Crippen LogP contribution in [-0.2, 0) is 32.7 Å². The number of phenols is 2. The van der Waals surface area contributed by atoms with E-state index in [1.165, 1.54) is 16.9 Å². The molecule has 6 rings (SSSR count). The lowest BCUT2D eigenvalue weighted by Gasteiger charge is -2.35. The molecular formula is C45H51N3O9. The van der Waals surface area contributed by atoms with Gasteiger partial charge in [0, 0.05) is 66.3 Å². The first-order valence-corrected chi connectivity index (χ1v) is 19.0. The average Bonchev–Trinajstić information content (AvgIpc) is 3.19. The molecule has 4 aromatic rings. The van der Waals surface area contributed by atoms with Crippen molar-refractivity contribution in [2.24, 2.45) is 17.1 Å². The van der Waals surface area contributed by atoms with Crippen molar-refractivity contribution in [3.63, 3.8) is 0 Å². The molecule has 2 aliphatic rings. The van der Waals surface area contributed by atoms with E-state index in [4.69, 9.17) is 19.9 Å². The van der Waals surface area contributed by atoms with Crippen LogP contribution in [0.2, 0.25) is 0 Å². The summed E-state index contributed by atoms with van der Waals surface area (Å²) >= 11 is 0. The predicted molar refractivity (Wildman–Crippen MR) is 215 cm³/mol. The van der Waals surface area contributed by atoms with Gasteiger partial charge in [-0.1, -0.05) is 80.6 Å². The summed E-state index contributed by atoms with van der Waals surface area (Å²) in [5.41, 5.74) is 9.58. The number of amides is 2. The Bertz CT molecular complexity index is 2200. The number of hydrogen-bond acceptors (Lipinski definition) is 10. The van der Waals surface area contributed by atoms with E-state index in [2.05, 4.69) is 0 Å². The molecule has 0 aliphatic heterocycles. The van der Waals surface area contributed by atoms with Gasteiger partial charge in [0.05, 0.1) is 18.7 Å². The monoisotopic (exact) mass is 777 g/mol. The molecular weight excluding hydrogens is 727 g/mol. The molecule has 1 unspecified atom stereocenters. The molecule has 4 aromatic carbocycles. The van der Waals surface area contributed by atoms with Crippen molar-refractivity contribution in [1.29, 1.82) is 0 Å². The maximum absolute atomic E-state index is 13.6. The van der Waals surface area contributed by atoms with Crippen LogP contribution in [0.3, 0.4) is 0 Å². The summed E-state index contributed by atoms with van der Waals surface area (Å²) in [4.78, 5) is 56.2. The third kappa shape index (κ3) is 8.18. The number of ketones is 2. The quantitative estimate of drug-likeness (QED) is 0.133. The van der Waals surface area contributed by atoms with E-state index in [1.807, 2.05) is 82.3 Å². The van der Waals surface area contributed by atoms with Gasteiger partial charge in [0.15, 0.2) is 18.2 Å². The number of carbonyl (C=O) groups is 4. The highest BCUT2D eigenvalue weighted by Crippen LogP contribution is 2.50. The summed E-state index contributed by atoms with van der Waals surface area (Å²) in [6, 6.07) is 21.9. The highest BCUT2D eigenvalue weighted by atomic mass is 16.6. The summed E-state index contributed by atoms with van der Waals surface area (Å²) in [7, 11) is 4.67. The normalized spacial score (nSPS) is 16.1. The number of Topliss-reactive ketones (excluding diaryl/α,β-unsaturated/α-hetero) is 1. The van der Waals surface area contributed by atoms with Crippen LogP contribution < -0.4 is 10.5 Å². The van der Waals surface area contributed by atoms with Crippen LogP contribution in [0.25, 0.3) is 11.1 Å². The van der Waals surface area contributed by atoms with Crippen LogP contribution in [0, 0.1) is 11.3 Å². The van der Waals surface area contributed by atoms with Crippen LogP contribution in [-0.4, -0.2) is 84.7 Å². The third-order valence-corrected chi connectivity index (χ3v) is 11.0. The second kappa shape index (κ2) is 15.9. The fourth-order valence-corrected chi connectivity index (χ4v) is 8.20. The van der Waals surface area contributed by atoms with Gasteiger partial charge in [0.2, 0.25) is 0 Å². The van der Waals surface area contributed by atoms with E-state index in [-0.39, 0.29) is 59.9 Å². The van der Waals surface area contributed by atoms with Gasteiger partial charge in [-0.2, -0.15) is 0 Å². The van der Waals surface area contributed by atoms with Gasteiger partial charge in [-0.05, 0) is 55.9 Å². The zero-order valence-electron chi connectivity index (χ0n) is 33.5. The van der Waals surface area contributed by atoms with Crippen LogP contribution in [0.4, 0.5) is 9.59 Å². The van der Waals surface area contributed by atoms with Gasteiger partial charge < -0.3 is 40.0 Å². The molecule has 0 radical (unpaired) electrons. The number of nitrogens with zero attached hydrogens (tertiary/aromatic N) is 2. The van der Waals surface area contributed by atoms with Crippen molar-refractivity contribution in [1.82, 2.24) is 9.80 Å². The number of benzene rings is 4. The maximum atomic E-state index is 13.6. The SMILES string of the molecule is COc1cccc2c1C(N)c1c(O)c3c(c(O)c1C2=O)C[C@@H](C(=O)COC(=O)N(C)CC(C)(C)CN(C)C(=O)OC(C)(C)c1ccc(-c2ccccc2)cc1)CC3. The largest absolute Gasteiger partial charge is 0.507 e. The van der Waals surface area contributed by atoms with Crippen LogP contribution in [0.1, 0.15) is 83.9 Å². The van der Waals surface area contributed by atoms with E-state index < -0.39 is 47.6 Å². The van der Waals surface area contributed by atoms with E-state index in [9.17, 15) is 29.4 Å². The van der Waals surface area contributed by atoms with Crippen molar-refractivity contribution in [3.05, 3.63) is 112 Å². The molecule has 0 saturated heterocycles. The molecule has 0 spiro atoms. The first-order chi connectivity index (χ1) is 26.9. The standard InChI is InChI=1S/C45H51N3O9/c1-44(2,25-48(6)43(54)57-45(3,4)29-19-16-27(17-20-29)26-12-9-8-10-13-26)24-47(5)42(53)56-23-33(49)28-18-21-30-32(22-28)41(52)37-36(39(30)50)38(46)35-31(40(37)51)14-11-15-34(35)55-7/h8-17,19-20,28,38,50,52H,18,21-25,46H2,1-7H3/t28-,38?/m0/s1. The maximum Gasteiger partial charge on any atom is 0.410 e. The summed E-state index contributed by atoms with van der Waals surface area (Å²) in [6.07, 6.45) is -0.594. The lowest BCUT2D eigenvalue weighted by Crippen LogP contribution is -2.45. The van der Waals surface area contributed by atoms with Crippen LogP contribution >= 0.6 is 0 Å². The number of fused-ring (bicyclic) bond motifs is 3. The smallest absolute Gasteiger partial charge is 0.410 e. The number of carbonyl (C=O) groups excluding carboxylic acids is 4. The molecule has 2 aliphatic carbocycles. The van der Waals surface area contributed by atoms with E-state index >= 15 is 0 Å². The molecule has 12 nitrogen and oxygen atoms in total. The topological polar surface area (TPSA) is 169 Å². The predicted octanol–water partition coefficient (Wildman–Crippen LogP) is 7.14. The molecule has 2 amide bonds.